The number of rotatable bonds is 8. The number of carbonyl (C=O) groups is 1. The fraction of sp³-hybridized carbons (Fsp3) is 0.250. The summed E-state index contributed by atoms with van der Waals surface area (Å²) < 4.78 is 21.3. The highest BCUT2D eigenvalue weighted by Crippen LogP contribution is 2.24. The Morgan fingerprint density at radius 1 is 1.21 bits per heavy atom. The van der Waals surface area contributed by atoms with Gasteiger partial charge in [-0.1, -0.05) is 35.5 Å². The normalized spacial score (nSPS) is 10.8. The topological polar surface area (TPSA) is 60.2 Å². The van der Waals surface area contributed by atoms with Crippen molar-refractivity contribution in [2.24, 2.45) is 7.05 Å². The van der Waals surface area contributed by atoms with E-state index in [1.165, 1.54) is 17.8 Å². The van der Waals surface area contributed by atoms with Gasteiger partial charge in [-0.2, -0.15) is 0 Å². The number of aromatic nitrogens is 3. The molecule has 3 aromatic rings. The monoisotopic (exact) mass is 434 g/mol. The summed E-state index contributed by atoms with van der Waals surface area (Å²) in [6.07, 6.45) is 0. The molecule has 0 aliphatic rings. The highest BCUT2D eigenvalue weighted by molar-refractivity contribution is 7.99. The molecule has 9 heteroatoms. The van der Waals surface area contributed by atoms with E-state index in [1.54, 1.807) is 66.0 Å². The third-order valence-electron chi connectivity index (χ3n) is 4.21. The lowest BCUT2D eigenvalue weighted by atomic mass is 10.2. The molecule has 0 saturated carbocycles. The summed E-state index contributed by atoms with van der Waals surface area (Å²) in [5.74, 6) is 0.883. The van der Waals surface area contributed by atoms with E-state index < -0.39 is 0 Å². The Morgan fingerprint density at radius 2 is 1.93 bits per heavy atom. The molecule has 1 heterocycles. The molecule has 0 bridgehead atoms. The molecule has 1 amide bonds. The van der Waals surface area contributed by atoms with Crippen molar-refractivity contribution in [3.8, 4) is 17.1 Å². The fourth-order valence-electron chi connectivity index (χ4n) is 2.51. The predicted octanol–water partition coefficient (Wildman–Crippen LogP) is 3.90. The third kappa shape index (κ3) is 5.48. The van der Waals surface area contributed by atoms with Gasteiger partial charge in [0, 0.05) is 19.1 Å². The molecule has 0 atom stereocenters. The largest absolute Gasteiger partial charge is 0.492 e. The summed E-state index contributed by atoms with van der Waals surface area (Å²) in [7, 11) is 3.47. The first kappa shape index (κ1) is 21.1. The maximum absolute atomic E-state index is 14.0. The Hall–Kier alpha value is -2.58. The Morgan fingerprint density at radius 3 is 2.66 bits per heavy atom. The van der Waals surface area contributed by atoms with E-state index in [4.69, 9.17) is 16.3 Å². The van der Waals surface area contributed by atoms with Gasteiger partial charge < -0.3 is 14.2 Å². The Kier molecular flexibility index (Phi) is 7.11. The number of hydrogen-bond acceptors (Lipinski definition) is 5. The van der Waals surface area contributed by atoms with Crippen LogP contribution in [0.5, 0.6) is 5.75 Å². The maximum atomic E-state index is 14.0. The first-order valence-corrected chi connectivity index (χ1v) is 10.2. The summed E-state index contributed by atoms with van der Waals surface area (Å²) in [4.78, 5) is 14.0. The average molecular weight is 435 g/mol. The number of carbonyl (C=O) groups excluding carboxylic acids is 1. The number of benzene rings is 2. The van der Waals surface area contributed by atoms with Crippen molar-refractivity contribution < 1.29 is 13.9 Å². The molecule has 0 saturated heterocycles. The van der Waals surface area contributed by atoms with Crippen molar-refractivity contribution in [2.45, 2.75) is 5.16 Å². The smallest absolute Gasteiger partial charge is 0.232 e. The zero-order valence-electron chi connectivity index (χ0n) is 16.0. The Labute approximate surface area is 177 Å². The minimum absolute atomic E-state index is 0.0647. The van der Waals surface area contributed by atoms with E-state index in [-0.39, 0.29) is 17.5 Å². The first-order chi connectivity index (χ1) is 14.0. The van der Waals surface area contributed by atoms with E-state index in [2.05, 4.69) is 10.2 Å². The fourth-order valence-corrected chi connectivity index (χ4v) is 3.49. The molecule has 0 aliphatic heterocycles. The van der Waals surface area contributed by atoms with Gasteiger partial charge in [0.2, 0.25) is 5.91 Å². The number of nitrogens with zero attached hydrogens (tertiary/aromatic N) is 4. The molecule has 1 aromatic heterocycles. The molecule has 0 fully saturated rings. The first-order valence-electron chi connectivity index (χ1n) is 8.85. The molecule has 29 heavy (non-hydrogen) atoms. The zero-order chi connectivity index (χ0) is 20.8. The molecule has 0 spiro atoms. The predicted molar refractivity (Wildman–Crippen MR) is 112 cm³/mol. The van der Waals surface area contributed by atoms with Gasteiger partial charge in [0.25, 0.3) is 0 Å². The number of likely N-dealkylation sites (N-methyl/N-ethyl adjacent to an activating group) is 1. The highest BCUT2D eigenvalue weighted by Gasteiger charge is 2.16. The SMILES string of the molecule is CN(CCOc1ccc(Cl)cc1)C(=O)CSc1nnc(-c2ccccc2F)n1C. The third-order valence-corrected chi connectivity index (χ3v) is 5.47. The standard InChI is InChI=1S/C20H20ClFN4O2S/c1-25(11-12-28-15-9-7-14(21)8-10-15)18(27)13-29-20-24-23-19(26(20)2)16-5-3-4-6-17(16)22/h3-10H,11-13H2,1-2H3. The number of ether oxygens (including phenoxy) is 1. The highest BCUT2D eigenvalue weighted by atomic mass is 35.5. The maximum Gasteiger partial charge on any atom is 0.232 e. The van der Waals surface area contributed by atoms with Gasteiger partial charge in [0.05, 0.1) is 17.9 Å². The molecule has 152 valence electrons. The van der Waals surface area contributed by atoms with Crippen LogP contribution in [0.25, 0.3) is 11.4 Å². The van der Waals surface area contributed by atoms with E-state index >= 15 is 0 Å². The van der Waals surface area contributed by atoms with Crippen LogP contribution in [0, 0.1) is 5.82 Å². The lowest BCUT2D eigenvalue weighted by molar-refractivity contribution is -0.127. The van der Waals surface area contributed by atoms with Gasteiger partial charge in [0.15, 0.2) is 11.0 Å². The number of amides is 1. The minimum atomic E-state index is -0.365. The second kappa shape index (κ2) is 9.76. The van der Waals surface area contributed by atoms with Crippen LogP contribution in [0.15, 0.2) is 53.7 Å². The zero-order valence-corrected chi connectivity index (χ0v) is 17.6. The van der Waals surface area contributed by atoms with Crippen molar-refractivity contribution in [1.29, 1.82) is 0 Å². The van der Waals surface area contributed by atoms with E-state index in [1.807, 2.05) is 0 Å². The van der Waals surface area contributed by atoms with Gasteiger partial charge >= 0.3 is 0 Å². The summed E-state index contributed by atoms with van der Waals surface area (Å²) in [6, 6.07) is 13.4. The van der Waals surface area contributed by atoms with E-state index in [0.29, 0.717) is 40.5 Å². The van der Waals surface area contributed by atoms with Crippen LogP contribution in [-0.2, 0) is 11.8 Å². The van der Waals surface area contributed by atoms with Crippen molar-refractivity contribution in [2.75, 3.05) is 26.0 Å². The van der Waals surface area contributed by atoms with Gasteiger partial charge in [-0.3, -0.25) is 4.79 Å². The summed E-state index contributed by atoms with van der Waals surface area (Å²) in [5, 5.41) is 9.32. The quantitative estimate of drug-likeness (QED) is 0.503. The van der Waals surface area contributed by atoms with Crippen LogP contribution >= 0.6 is 23.4 Å². The van der Waals surface area contributed by atoms with Crippen molar-refractivity contribution >= 4 is 29.3 Å². The number of halogens is 2. The Balaban J connectivity index is 1.50. The lowest BCUT2D eigenvalue weighted by Crippen LogP contribution is -2.32. The molecule has 6 nitrogen and oxygen atoms in total. The van der Waals surface area contributed by atoms with Crippen molar-refractivity contribution in [3.05, 3.63) is 59.4 Å². The van der Waals surface area contributed by atoms with Gasteiger partial charge in [-0.25, -0.2) is 4.39 Å². The second-order valence-electron chi connectivity index (χ2n) is 6.25. The van der Waals surface area contributed by atoms with Crippen LogP contribution in [0.2, 0.25) is 5.02 Å². The average Bonchev–Trinajstić information content (AvgIpc) is 3.08. The summed E-state index contributed by atoms with van der Waals surface area (Å²) in [6.45, 7) is 0.817. The molecule has 3 rings (SSSR count). The molecular formula is C20H20ClFN4O2S. The van der Waals surface area contributed by atoms with Crippen LogP contribution in [0.3, 0.4) is 0 Å². The molecule has 0 unspecified atom stereocenters. The van der Waals surface area contributed by atoms with Gasteiger partial charge in [-0.05, 0) is 36.4 Å². The molecule has 0 aliphatic carbocycles. The van der Waals surface area contributed by atoms with Crippen LogP contribution in [0.1, 0.15) is 0 Å². The van der Waals surface area contributed by atoms with Crippen LogP contribution in [0.4, 0.5) is 4.39 Å². The van der Waals surface area contributed by atoms with Gasteiger partial charge in [0.1, 0.15) is 18.2 Å². The molecule has 0 radical (unpaired) electrons. The second-order valence-corrected chi connectivity index (χ2v) is 7.63. The summed E-state index contributed by atoms with van der Waals surface area (Å²) in [5.41, 5.74) is 0.372. The van der Waals surface area contributed by atoms with Crippen LogP contribution < -0.4 is 4.74 Å². The van der Waals surface area contributed by atoms with Gasteiger partial charge in [-0.15, -0.1) is 10.2 Å². The molecule has 2 aromatic carbocycles. The number of hydrogen-bond donors (Lipinski definition) is 0. The minimum Gasteiger partial charge on any atom is -0.492 e. The van der Waals surface area contributed by atoms with Crippen molar-refractivity contribution in [1.82, 2.24) is 19.7 Å². The van der Waals surface area contributed by atoms with Crippen molar-refractivity contribution in [3.63, 3.8) is 0 Å². The molecule has 0 N–H and O–H groups in total. The van der Waals surface area contributed by atoms with Crippen LogP contribution in [-0.4, -0.2) is 51.5 Å². The lowest BCUT2D eigenvalue weighted by Gasteiger charge is -2.17. The molecular weight excluding hydrogens is 415 g/mol. The van der Waals surface area contributed by atoms with E-state index in [9.17, 15) is 9.18 Å². The summed E-state index contributed by atoms with van der Waals surface area (Å²) >= 11 is 7.09. The van der Waals surface area contributed by atoms with E-state index in [0.717, 1.165) is 0 Å². The Bertz CT molecular complexity index is 981. The number of thioether (sulfide) groups is 1.